The molecule has 0 aromatic heterocycles. The van der Waals surface area contributed by atoms with E-state index in [0.717, 1.165) is 5.69 Å². The first-order valence-electron chi connectivity index (χ1n) is 4.28. The molecule has 0 spiro atoms. The number of anilines is 2. The number of hydrogen-bond donors (Lipinski definition) is 1. The van der Waals surface area contributed by atoms with Crippen LogP contribution in [-0.2, 0) is 0 Å². The van der Waals surface area contributed by atoms with Crippen molar-refractivity contribution in [1.82, 2.24) is 0 Å². The second-order valence-corrected chi connectivity index (χ2v) is 3.47. The fraction of sp³-hybridized carbons (Fsp3) is 0.300. The molecule has 1 aromatic carbocycles. The largest absolute Gasteiger partial charge is 0.397 e. The minimum atomic E-state index is 0.475. The van der Waals surface area contributed by atoms with Crippen LogP contribution in [0.25, 0.3) is 0 Å². The van der Waals surface area contributed by atoms with E-state index in [1.54, 1.807) is 18.2 Å². The molecule has 0 aliphatic heterocycles. The summed E-state index contributed by atoms with van der Waals surface area (Å²) in [6.07, 6.45) is 0.475. The van der Waals surface area contributed by atoms with E-state index in [9.17, 15) is 0 Å². The average Bonchev–Trinajstić information content (AvgIpc) is 2.18. The lowest BCUT2D eigenvalue weighted by molar-refractivity contribution is 0.907. The van der Waals surface area contributed by atoms with E-state index in [-0.39, 0.29) is 0 Å². The van der Waals surface area contributed by atoms with E-state index in [1.807, 2.05) is 11.9 Å². The molecule has 0 fully saturated rings. The summed E-state index contributed by atoms with van der Waals surface area (Å²) in [4.78, 5) is 1.92. The van der Waals surface area contributed by atoms with Gasteiger partial charge in [-0.2, -0.15) is 5.26 Å². The molecule has 0 bridgehead atoms. The Labute approximate surface area is 88.7 Å². The minimum absolute atomic E-state index is 0.475. The zero-order valence-electron chi connectivity index (χ0n) is 8.00. The molecular formula is C10H12ClN3. The van der Waals surface area contributed by atoms with Crippen LogP contribution in [0, 0.1) is 11.3 Å². The lowest BCUT2D eigenvalue weighted by Crippen LogP contribution is -2.19. The summed E-state index contributed by atoms with van der Waals surface area (Å²) >= 11 is 5.85. The Morgan fingerprint density at radius 3 is 2.93 bits per heavy atom. The third kappa shape index (κ3) is 2.54. The highest BCUT2D eigenvalue weighted by molar-refractivity contribution is 6.31. The number of hydrogen-bond acceptors (Lipinski definition) is 3. The molecule has 3 nitrogen and oxygen atoms in total. The first kappa shape index (κ1) is 10.7. The van der Waals surface area contributed by atoms with Gasteiger partial charge in [0.15, 0.2) is 0 Å². The van der Waals surface area contributed by atoms with Crippen molar-refractivity contribution in [2.45, 2.75) is 6.42 Å². The van der Waals surface area contributed by atoms with Crippen molar-refractivity contribution in [3.63, 3.8) is 0 Å². The van der Waals surface area contributed by atoms with E-state index in [4.69, 9.17) is 22.6 Å². The number of nitrogens with two attached hydrogens (primary N) is 1. The highest BCUT2D eigenvalue weighted by atomic mass is 35.5. The molecule has 0 saturated carbocycles. The van der Waals surface area contributed by atoms with Gasteiger partial charge in [-0.15, -0.1) is 0 Å². The Morgan fingerprint density at radius 1 is 1.57 bits per heavy atom. The van der Waals surface area contributed by atoms with Crippen molar-refractivity contribution in [3.05, 3.63) is 23.2 Å². The molecule has 14 heavy (non-hydrogen) atoms. The summed E-state index contributed by atoms with van der Waals surface area (Å²) in [6, 6.07) is 7.40. The summed E-state index contributed by atoms with van der Waals surface area (Å²) < 4.78 is 0. The number of rotatable bonds is 3. The number of nitriles is 1. The number of nitrogen functional groups attached to an aromatic ring is 1. The number of halogens is 1. The summed E-state index contributed by atoms with van der Waals surface area (Å²) in [5, 5.41) is 9.10. The van der Waals surface area contributed by atoms with Crippen LogP contribution in [0.3, 0.4) is 0 Å². The van der Waals surface area contributed by atoms with Gasteiger partial charge >= 0.3 is 0 Å². The Balaban J connectivity index is 2.83. The molecule has 1 rings (SSSR count). The fourth-order valence-corrected chi connectivity index (χ4v) is 1.35. The SMILES string of the molecule is CN(CCC#N)c1cc(Cl)ccc1N. The van der Waals surface area contributed by atoms with Crippen molar-refractivity contribution in [3.8, 4) is 6.07 Å². The highest BCUT2D eigenvalue weighted by Gasteiger charge is 2.05. The van der Waals surface area contributed by atoms with Crippen LogP contribution >= 0.6 is 11.6 Å². The first-order chi connectivity index (χ1) is 6.65. The monoisotopic (exact) mass is 209 g/mol. The second-order valence-electron chi connectivity index (χ2n) is 3.03. The Hall–Kier alpha value is -1.40. The molecule has 0 amide bonds. The summed E-state index contributed by atoms with van der Waals surface area (Å²) in [5.74, 6) is 0. The molecule has 1 aromatic rings. The summed E-state index contributed by atoms with van der Waals surface area (Å²) in [5.41, 5.74) is 7.32. The van der Waals surface area contributed by atoms with E-state index < -0.39 is 0 Å². The molecular weight excluding hydrogens is 198 g/mol. The maximum Gasteiger partial charge on any atom is 0.0640 e. The smallest absolute Gasteiger partial charge is 0.0640 e. The van der Waals surface area contributed by atoms with Gasteiger partial charge in [0.05, 0.1) is 23.9 Å². The lowest BCUT2D eigenvalue weighted by Gasteiger charge is -2.19. The van der Waals surface area contributed by atoms with Crippen molar-refractivity contribution in [1.29, 1.82) is 5.26 Å². The van der Waals surface area contributed by atoms with Crippen molar-refractivity contribution in [2.24, 2.45) is 0 Å². The van der Waals surface area contributed by atoms with Gasteiger partial charge in [0, 0.05) is 18.6 Å². The van der Waals surface area contributed by atoms with Crippen LogP contribution in [0.1, 0.15) is 6.42 Å². The van der Waals surface area contributed by atoms with Gasteiger partial charge in [0.1, 0.15) is 0 Å². The molecule has 0 aliphatic carbocycles. The standard InChI is InChI=1S/C10H12ClN3/c1-14(6-2-5-12)10-7-8(11)3-4-9(10)13/h3-4,7H,2,6,13H2,1H3. The molecule has 4 heteroatoms. The lowest BCUT2D eigenvalue weighted by atomic mass is 10.2. The zero-order chi connectivity index (χ0) is 10.6. The van der Waals surface area contributed by atoms with Crippen molar-refractivity contribution < 1.29 is 0 Å². The predicted octanol–water partition coefficient (Wildman–Crippen LogP) is 2.27. The van der Waals surface area contributed by atoms with E-state index in [0.29, 0.717) is 23.7 Å². The maximum absolute atomic E-state index is 8.45. The van der Waals surface area contributed by atoms with Gasteiger partial charge < -0.3 is 10.6 Å². The summed E-state index contributed by atoms with van der Waals surface area (Å²) in [6.45, 7) is 0.654. The third-order valence-electron chi connectivity index (χ3n) is 1.96. The van der Waals surface area contributed by atoms with Crippen molar-refractivity contribution in [2.75, 3.05) is 24.2 Å². The van der Waals surface area contributed by atoms with Crippen molar-refractivity contribution >= 4 is 23.0 Å². The Bertz CT molecular complexity index is 357. The number of nitrogens with zero attached hydrogens (tertiary/aromatic N) is 2. The minimum Gasteiger partial charge on any atom is -0.397 e. The zero-order valence-corrected chi connectivity index (χ0v) is 8.75. The normalized spacial score (nSPS) is 9.50. The van der Waals surface area contributed by atoms with Crippen LogP contribution in [0.15, 0.2) is 18.2 Å². The fourth-order valence-electron chi connectivity index (χ4n) is 1.19. The van der Waals surface area contributed by atoms with E-state index >= 15 is 0 Å². The summed E-state index contributed by atoms with van der Waals surface area (Å²) in [7, 11) is 1.89. The van der Waals surface area contributed by atoms with Crippen LogP contribution in [-0.4, -0.2) is 13.6 Å². The van der Waals surface area contributed by atoms with Gasteiger partial charge in [-0.3, -0.25) is 0 Å². The quantitative estimate of drug-likeness (QED) is 0.778. The van der Waals surface area contributed by atoms with Gasteiger partial charge in [0.2, 0.25) is 0 Å². The molecule has 0 unspecified atom stereocenters. The van der Waals surface area contributed by atoms with E-state index in [2.05, 4.69) is 6.07 Å². The molecule has 0 aliphatic rings. The third-order valence-corrected chi connectivity index (χ3v) is 2.20. The van der Waals surface area contributed by atoms with Gasteiger partial charge in [-0.25, -0.2) is 0 Å². The average molecular weight is 210 g/mol. The molecule has 0 saturated heterocycles. The second kappa shape index (κ2) is 4.73. The number of benzene rings is 1. The maximum atomic E-state index is 8.45. The predicted molar refractivity (Wildman–Crippen MR) is 59.4 cm³/mol. The molecule has 0 atom stereocenters. The highest BCUT2D eigenvalue weighted by Crippen LogP contribution is 2.25. The molecule has 0 heterocycles. The van der Waals surface area contributed by atoms with Crippen LogP contribution in [0.2, 0.25) is 5.02 Å². The first-order valence-corrected chi connectivity index (χ1v) is 4.66. The topological polar surface area (TPSA) is 53.0 Å². The molecule has 0 radical (unpaired) electrons. The van der Waals surface area contributed by atoms with Crippen LogP contribution in [0.5, 0.6) is 0 Å². The molecule has 2 N–H and O–H groups in total. The van der Waals surface area contributed by atoms with Gasteiger partial charge in [-0.1, -0.05) is 11.6 Å². The van der Waals surface area contributed by atoms with Gasteiger partial charge in [-0.05, 0) is 18.2 Å². The van der Waals surface area contributed by atoms with Crippen LogP contribution in [0.4, 0.5) is 11.4 Å². The van der Waals surface area contributed by atoms with Gasteiger partial charge in [0.25, 0.3) is 0 Å². The Morgan fingerprint density at radius 2 is 2.29 bits per heavy atom. The Kier molecular flexibility index (Phi) is 3.61. The van der Waals surface area contributed by atoms with Crippen LogP contribution < -0.4 is 10.6 Å². The molecule has 74 valence electrons. The van der Waals surface area contributed by atoms with E-state index in [1.165, 1.54) is 0 Å².